The van der Waals surface area contributed by atoms with E-state index in [4.69, 9.17) is 15.0 Å². The lowest BCUT2D eigenvalue weighted by Crippen LogP contribution is -2.18. The van der Waals surface area contributed by atoms with E-state index in [1.165, 1.54) is 69.3 Å². The number of thiophene rings is 1. The first-order valence-corrected chi connectivity index (χ1v) is 19.7. The normalized spacial score (nSPS) is 13.1. The summed E-state index contributed by atoms with van der Waals surface area (Å²) in [5, 5.41) is 11.8. The van der Waals surface area contributed by atoms with Gasteiger partial charge in [-0.2, -0.15) is 0 Å². The minimum absolute atomic E-state index is 0.654. The van der Waals surface area contributed by atoms with Crippen LogP contribution in [0.3, 0.4) is 0 Å². The molecule has 0 amide bonds. The van der Waals surface area contributed by atoms with Crippen LogP contribution in [0.25, 0.3) is 115 Å². The Bertz CT molecular complexity index is 3590. The third-order valence-corrected chi connectivity index (χ3v) is 12.9. The molecular formula is C49H29N5S. The molecule has 0 N–H and O–H groups in total. The molecule has 256 valence electrons. The highest BCUT2D eigenvalue weighted by atomic mass is 32.1. The Morgan fingerprint density at radius 3 is 2.07 bits per heavy atom. The minimum atomic E-state index is 0.654. The van der Waals surface area contributed by atoms with Crippen LogP contribution in [0, 0.1) is 0 Å². The minimum Gasteiger partial charge on any atom is -0.312 e. The van der Waals surface area contributed by atoms with Gasteiger partial charge in [0, 0.05) is 69.8 Å². The Labute approximate surface area is 318 Å². The maximum absolute atomic E-state index is 5.13. The molecule has 0 fully saturated rings. The molecule has 1 aliphatic rings. The van der Waals surface area contributed by atoms with Crippen LogP contribution >= 0.6 is 11.3 Å². The second-order valence-electron chi connectivity index (χ2n) is 14.7. The number of rotatable bonds is 4. The molecule has 5 aromatic heterocycles. The second kappa shape index (κ2) is 10.8. The first-order chi connectivity index (χ1) is 27.3. The van der Waals surface area contributed by atoms with Gasteiger partial charge < -0.3 is 8.97 Å². The van der Waals surface area contributed by atoms with Crippen molar-refractivity contribution in [1.82, 2.24) is 23.9 Å². The second-order valence-corrected chi connectivity index (χ2v) is 15.7. The predicted molar refractivity (Wildman–Crippen MR) is 229 cm³/mol. The molecule has 0 saturated heterocycles. The molecular weight excluding hydrogens is 691 g/mol. The zero-order valence-corrected chi connectivity index (χ0v) is 30.3. The summed E-state index contributed by atoms with van der Waals surface area (Å²) < 4.78 is 7.79. The Balaban J connectivity index is 1.04. The lowest BCUT2D eigenvalue weighted by Gasteiger charge is -2.13. The van der Waals surface area contributed by atoms with Gasteiger partial charge in [-0.1, -0.05) is 103 Å². The Kier molecular flexibility index (Phi) is 5.83. The smallest absolute Gasteiger partial charge is 0.164 e. The summed E-state index contributed by atoms with van der Waals surface area (Å²) in [7, 11) is 0. The monoisotopic (exact) mass is 719 g/mol. The molecule has 7 aromatic carbocycles. The number of aryl methyl sites for hydroxylation is 1. The fraction of sp³-hybridized carbons (Fsp3) is 0.0408. The topological polar surface area (TPSA) is 48.0 Å². The van der Waals surface area contributed by atoms with Crippen molar-refractivity contribution >= 4 is 86.5 Å². The summed E-state index contributed by atoms with van der Waals surface area (Å²) in [6.45, 7) is 0. The van der Waals surface area contributed by atoms with E-state index in [2.05, 4.69) is 142 Å². The molecule has 13 rings (SSSR count). The summed E-state index contributed by atoms with van der Waals surface area (Å²) in [6, 6.07) is 52.0. The van der Waals surface area contributed by atoms with Crippen LogP contribution in [0.15, 0.2) is 146 Å². The Hall–Kier alpha value is -6.89. The molecule has 1 aliphatic carbocycles. The highest BCUT2D eigenvalue weighted by Crippen LogP contribution is 2.48. The zero-order chi connectivity index (χ0) is 35.8. The standard InChI is InChI=1S/C49H29N5S/c1-2-11-29(12-3-1)47-50-48(52-49(51-47)35-16-8-13-28-10-4-5-14-32(28)35)30-20-22-31(23-21-30)53-37-18-9-19-38-42(37)43-39(53)25-27-40-44(43)45-41(55-40)26-24-34-33-15-6-7-17-36(33)54(38)46(34)45/h1-8,10-18,20-27H,9,19H2. The highest BCUT2D eigenvalue weighted by Gasteiger charge is 2.27. The molecule has 6 heteroatoms. The summed E-state index contributed by atoms with van der Waals surface area (Å²) >= 11 is 1.91. The van der Waals surface area contributed by atoms with Crippen LogP contribution in [-0.2, 0) is 6.42 Å². The van der Waals surface area contributed by atoms with Gasteiger partial charge in [-0.25, -0.2) is 15.0 Å². The van der Waals surface area contributed by atoms with Gasteiger partial charge in [0.25, 0.3) is 0 Å². The van der Waals surface area contributed by atoms with Gasteiger partial charge in [0.1, 0.15) is 0 Å². The number of fused-ring (bicyclic) bond motifs is 5. The van der Waals surface area contributed by atoms with E-state index >= 15 is 0 Å². The quantitative estimate of drug-likeness (QED) is 0.182. The number of nitrogens with zero attached hydrogens (tertiary/aromatic N) is 5. The molecule has 0 bridgehead atoms. The third kappa shape index (κ3) is 3.98. The van der Waals surface area contributed by atoms with Gasteiger partial charge in [0.05, 0.1) is 21.9 Å². The average Bonchev–Trinajstić information content (AvgIpc) is 3.88. The lowest BCUT2D eigenvalue weighted by atomic mass is 10.0. The zero-order valence-electron chi connectivity index (χ0n) is 29.5. The van der Waals surface area contributed by atoms with Crippen molar-refractivity contribution in [2.24, 2.45) is 0 Å². The van der Waals surface area contributed by atoms with Gasteiger partial charge >= 0.3 is 0 Å². The average molecular weight is 720 g/mol. The first kappa shape index (κ1) is 29.6. The van der Waals surface area contributed by atoms with Crippen molar-refractivity contribution in [2.45, 2.75) is 12.8 Å². The van der Waals surface area contributed by atoms with Gasteiger partial charge in [-0.3, -0.25) is 0 Å². The molecule has 0 saturated carbocycles. The molecule has 0 unspecified atom stereocenters. The molecule has 55 heavy (non-hydrogen) atoms. The Morgan fingerprint density at radius 1 is 0.491 bits per heavy atom. The van der Waals surface area contributed by atoms with Crippen LogP contribution in [0.5, 0.6) is 0 Å². The van der Waals surface area contributed by atoms with E-state index in [9.17, 15) is 0 Å². The van der Waals surface area contributed by atoms with Crippen LogP contribution in [0.2, 0.25) is 0 Å². The number of hydrogen-bond acceptors (Lipinski definition) is 4. The van der Waals surface area contributed by atoms with Gasteiger partial charge in [-0.05, 0) is 72.1 Å². The van der Waals surface area contributed by atoms with E-state index in [1.807, 2.05) is 29.5 Å². The van der Waals surface area contributed by atoms with Crippen LogP contribution in [0.1, 0.15) is 12.1 Å². The van der Waals surface area contributed by atoms with E-state index in [0.717, 1.165) is 46.0 Å². The molecule has 0 radical (unpaired) electrons. The van der Waals surface area contributed by atoms with Crippen molar-refractivity contribution in [1.29, 1.82) is 0 Å². The molecule has 0 atom stereocenters. The molecule has 5 heterocycles. The number of para-hydroxylation sites is 1. The van der Waals surface area contributed by atoms with Crippen molar-refractivity contribution in [3.05, 3.63) is 157 Å². The van der Waals surface area contributed by atoms with Crippen LogP contribution < -0.4 is 5.35 Å². The van der Waals surface area contributed by atoms with E-state index in [-0.39, 0.29) is 0 Å². The van der Waals surface area contributed by atoms with Crippen LogP contribution in [0.4, 0.5) is 0 Å². The fourth-order valence-electron chi connectivity index (χ4n) is 9.46. The van der Waals surface area contributed by atoms with E-state index < -0.39 is 0 Å². The summed E-state index contributed by atoms with van der Waals surface area (Å²) in [6.07, 6.45) is 4.44. The predicted octanol–water partition coefficient (Wildman–Crippen LogP) is 11.8. The summed E-state index contributed by atoms with van der Waals surface area (Å²) in [5.41, 5.74) is 9.34. The van der Waals surface area contributed by atoms with Crippen molar-refractivity contribution in [3.8, 4) is 39.9 Å². The fourth-order valence-corrected chi connectivity index (χ4v) is 10.6. The van der Waals surface area contributed by atoms with E-state index in [0.29, 0.717) is 17.5 Å². The largest absolute Gasteiger partial charge is 0.312 e. The molecule has 5 nitrogen and oxygen atoms in total. The maximum Gasteiger partial charge on any atom is 0.164 e. The van der Waals surface area contributed by atoms with Gasteiger partial charge in [0.2, 0.25) is 0 Å². The SMILES string of the molecule is C1=c2c3c(n4c5ccccc5c5ccc6sc7ccc(c3c7c6c54)n2-c2ccc(-c3nc(-c4ccccc4)nc(-c4cccc5ccccc45)n3)cc2)CC1. The number of benzene rings is 7. The third-order valence-electron chi connectivity index (χ3n) is 11.8. The van der Waals surface area contributed by atoms with Gasteiger partial charge in [0.15, 0.2) is 17.5 Å². The van der Waals surface area contributed by atoms with Crippen molar-refractivity contribution in [3.63, 3.8) is 0 Å². The molecule has 12 aromatic rings. The summed E-state index contributed by atoms with van der Waals surface area (Å²) in [5.74, 6) is 1.98. The van der Waals surface area contributed by atoms with Crippen molar-refractivity contribution in [2.75, 3.05) is 0 Å². The highest BCUT2D eigenvalue weighted by molar-refractivity contribution is 7.26. The number of aromatic nitrogens is 5. The number of hydrogen-bond donors (Lipinski definition) is 0. The lowest BCUT2D eigenvalue weighted by molar-refractivity contribution is 0.938. The van der Waals surface area contributed by atoms with Crippen molar-refractivity contribution < 1.29 is 0 Å². The van der Waals surface area contributed by atoms with Crippen LogP contribution in [-0.4, -0.2) is 23.9 Å². The van der Waals surface area contributed by atoms with E-state index in [1.54, 1.807) is 0 Å². The molecule has 0 spiro atoms. The van der Waals surface area contributed by atoms with Gasteiger partial charge in [-0.15, -0.1) is 11.3 Å². The molecule has 0 aliphatic heterocycles. The Morgan fingerprint density at radius 2 is 1.20 bits per heavy atom. The maximum atomic E-state index is 5.13. The summed E-state index contributed by atoms with van der Waals surface area (Å²) in [4.78, 5) is 15.2. The first-order valence-electron chi connectivity index (χ1n) is 18.8.